The molecule has 224 valence electrons. The van der Waals surface area contributed by atoms with E-state index in [0.29, 0.717) is 34.1 Å². The van der Waals surface area contributed by atoms with E-state index in [9.17, 15) is 23.1 Å². The molecule has 0 saturated heterocycles. The molecular formula is C33H30F3NO5S. The molecular weight excluding hydrogens is 579 g/mol. The minimum atomic E-state index is -4.82. The van der Waals surface area contributed by atoms with Gasteiger partial charge < -0.3 is 19.1 Å². The van der Waals surface area contributed by atoms with Crippen molar-refractivity contribution in [2.24, 2.45) is 11.8 Å². The van der Waals surface area contributed by atoms with Crippen molar-refractivity contribution in [3.05, 3.63) is 77.6 Å². The lowest BCUT2D eigenvalue weighted by Crippen LogP contribution is -2.32. The quantitative estimate of drug-likeness (QED) is 0.203. The molecule has 0 radical (unpaired) electrons. The number of fused-ring (bicyclic) bond motifs is 3. The molecule has 1 N–H and O–H groups in total. The van der Waals surface area contributed by atoms with Crippen LogP contribution in [0.1, 0.15) is 66.1 Å². The summed E-state index contributed by atoms with van der Waals surface area (Å²) < 4.78 is 55.8. The number of carboxylic acid groups (broad SMARTS) is 1. The molecule has 1 aromatic heterocycles. The number of carbonyl (C=O) groups is 1. The SMILES string of the molecule is O=C(O)c1ccc2cc(S[C@H]3[C@@H]4CC[C@H]3C[C@H](OCc3c(-c5ccccc5OC(F)(F)F)noc3C3CC3)C4)ccc2c1. The van der Waals surface area contributed by atoms with Gasteiger partial charge in [0, 0.05) is 27.2 Å². The molecule has 2 bridgehead atoms. The van der Waals surface area contributed by atoms with E-state index in [1.165, 1.54) is 17.0 Å². The van der Waals surface area contributed by atoms with Gasteiger partial charge in [-0.05, 0) is 97.5 Å². The lowest BCUT2D eigenvalue weighted by atomic mass is 9.86. The van der Waals surface area contributed by atoms with Crippen LogP contribution in [0.5, 0.6) is 5.75 Å². The summed E-state index contributed by atoms with van der Waals surface area (Å²) in [4.78, 5) is 12.5. The Hall–Kier alpha value is -3.50. The molecule has 6 nitrogen and oxygen atoms in total. The zero-order valence-electron chi connectivity index (χ0n) is 23.2. The van der Waals surface area contributed by atoms with Gasteiger partial charge in [0.15, 0.2) is 0 Å². The highest BCUT2D eigenvalue weighted by molar-refractivity contribution is 8.00. The summed E-state index contributed by atoms with van der Waals surface area (Å²) in [6, 6.07) is 17.4. The van der Waals surface area contributed by atoms with E-state index in [0.717, 1.165) is 49.3 Å². The molecule has 10 heteroatoms. The van der Waals surface area contributed by atoms with Crippen LogP contribution in [0.25, 0.3) is 22.0 Å². The van der Waals surface area contributed by atoms with Crippen LogP contribution in [0.15, 0.2) is 70.1 Å². The van der Waals surface area contributed by atoms with Crippen LogP contribution in [0.2, 0.25) is 0 Å². The van der Waals surface area contributed by atoms with E-state index < -0.39 is 12.3 Å². The van der Waals surface area contributed by atoms with Crippen molar-refractivity contribution in [3.63, 3.8) is 0 Å². The zero-order valence-corrected chi connectivity index (χ0v) is 24.0. The maximum Gasteiger partial charge on any atom is 0.573 e. The third-order valence-electron chi connectivity index (χ3n) is 8.90. The summed E-state index contributed by atoms with van der Waals surface area (Å²) in [7, 11) is 0. The first-order valence-corrected chi connectivity index (χ1v) is 15.5. The van der Waals surface area contributed by atoms with E-state index in [2.05, 4.69) is 22.0 Å². The van der Waals surface area contributed by atoms with E-state index in [4.69, 9.17) is 9.26 Å². The Kier molecular flexibility index (Phi) is 7.37. The topological polar surface area (TPSA) is 81.8 Å². The molecule has 4 aromatic rings. The number of alkyl halides is 3. The maximum absolute atomic E-state index is 13.1. The Labute approximate surface area is 250 Å². The molecule has 3 saturated carbocycles. The fourth-order valence-corrected chi connectivity index (χ4v) is 8.28. The summed E-state index contributed by atoms with van der Waals surface area (Å²) in [6.07, 6.45) is 1.30. The number of carboxylic acids is 1. The first kappa shape index (κ1) is 28.3. The molecule has 0 spiro atoms. The summed E-state index contributed by atoms with van der Waals surface area (Å²) in [5.41, 5.74) is 1.59. The van der Waals surface area contributed by atoms with Gasteiger partial charge in [0.1, 0.15) is 17.2 Å². The van der Waals surface area contributed by atoms with Gasteiger partial charge in [-0.15, -0.1) is 24.9 Å². The highest BCUT2D eigenvalue weighted by Crippen LogP contribution is 2.52. The number of nitrogens with zero attached hydrogens (tertiary/aromatic N) is 1. The van der Waals surface area contributed by atoms with Crippen molar-refractivity contribution < 1.29 is 37.1 Å². The fraction of sp³-hybridized carbons (Fsp3) is 0.394. The number of hydrogen-bond donors (Lipinski definition) is 1. The van der Waals surface area contributed by atoms with Crippen LogP contribution in [-0.2, 0) is 11.3 Å². The molecule has 4 atom stereocenters. The van der Waals surface area contributed by atoms with Crippen LogP contribution >= 0.6 is 11.8 Å². The van der Waals surface area contributed by atoms with Crippen LogP contribution in [0.3, 0.4) is 0 Å². The molecule has 43 heavy (non-hydrogen) atoms. The number of ether oxygens (including phenoxy) is 2. The number of rotatable bonds is 9. The summed E-state index contributed by atoms with van der Waals surface area (Å²) in [5, 5.41) is 15.9. The molecule has 0 amide bonds. The van der Waals surface area contributed by atoms with Crippen molar-refractivity contribution >= 4 is 28.5 Å². The monoisotopic (exact) mass is 609 g/mol. The summed E-state index contributed by atoms with van der Waals surface area (Å²) in [5.74, 6) is 0.695. The fourth-order valence-electron chi connectivity index (χ4n) is 6.75. The van der Waals surface area contributed by atoms with Crippen molar-refractivity contribution in [2.45, 2.75) is 73.7 Å². The first-order chi connectivity index (χ1) is 20.7. The number of aromatic carboxylic acids is 1. The highest BCUT2D eigenvalue weighted by atomic mass is 32.2. The number of hydrogen-bond acceptors (Lipinski definition) is 6. The smallest absolute Gasteiger partial charge is 0.478 e. The summed E-state index contributed by atoms with van der Waals surface area (Å²) in [6.45, 7) is 0.232. The average Bonchev–Trinajstić information content (AvgIpc) is 3.69. The first-order valence-electron chi connectivity index (χ1n) is 14.6. The van der Waals surface area contributed by atoms with Gasteiger partial charge in [0.05, 0.1) is 18.3 Å². The van der Waals surface area contributed by atoms with Crippen LogP contribution in [0, 0.1) is 11.8 Å². The van der Waals surface area contributed by atoms with Crippen molar-refractivity contribution in [1.29, 1.82) is 0 Å². The van der Waals surface area contributed by atoms with E-state index in [1.54, 1.807) is 24.3 Å². The largest absolute Gasteiger partial charge is 0.573 e. The zero-order chi connectivity index (χ0) is 29.7. The third-order valence-corrected chi connectivity index (χ3v) is 10.5. The minimum Gasteiger partial charge on any atom is -0.478 e. The molecule has 3 aliphatic rings. The number of thioether (sulfide) groups is 1. The van der Waals surface area contributed by atoms with Crippen molar-refractivity contribution in [2.75, 3.05) is 0 Å². The van der Waals surface area contributed by atoms with E-state index in [-0.39, 0.29) is 35.5 Å². The van der Waals surface area contributed by atoms with Crippen LogP contribution < -0.4 is 4.74 Å². The second kappa shape index (κ2) is 11.2. The molecule has 3 fully saturated rings. The van der Waals surface area contributed by atoms with Crippen LogP contribution in [-0.4, -0.2) is 33.9 Å². The number of benzene rings is 3. The Morgan fingerprint density at radius 2 is 1.70 bits per heavy atom. The van der Waals surface area contributed by atoms with Gasteiger partial charge in [-0.25, -0.2) is 4.79 Å². The molecule has 3 aromatic carbocycles. The van der Waals surface area contributed by atoms with Crippen molar-refractivity contribution in [1.82, 2.24) is 5.16 Å². The Bertz CT molecular complexity index is 1650. The highest BCUT2D eigenvalue weighted by Gasteiger charge is 2.44. The van der Waals surface area contributed by atoms with Gasteiger partial charge in [-0.2, -0.15) is 0 Å². The van der Waals surface area contributed by atoms with Crippen molar-refractivity contribution in [3.8, 4) is 17.0 Å². The van der Waals surface area contributed by atoms with Gasteiger partial charge in [0.2, 0.25) is 0 Å². The second-order valence-corrected chi connectivity index (χ2v) is 13.1. The van der Waals surface area contributed by atoms with Gasteiger partial charge >= 0.3 is 12.3 Å². The predicted molar refractivity (Wildman–Crippen MR) is 155 cm³/mol. The maximum atomic E-state index is 13.1. The van der Waals surface area contributed by atoms with Gasteiger partial charge in [0.25, 0.3) is 0 Å². The van der Waals surface area contributed by atoms with E-state index in [1.807, 2.05) is 23.9 Å². The Balaban J connectivity index is 1.05. The molecule has 3 aliphatic carbocycles. The minimum absolute atomic E-state index is 0.0527. The number of aromatic nitrogens is 1. The predicted octanol–water partition coefficient (Wildman–Crippen LogP) is 8.84. The van der Waals surface area contributed by atoms with Crippen LogP contribution in [0.4, 0.5) is 13.2 Å². The normalized spacial score (nSPS) is 23.5. The molecule has 0 aliphatic heterocycles. The molecule has 1 heterocycles. The summed E-state index contributed by atoms with van der Waals surface area (Å²) >= 11 is 1.90. The Morgan fingerprint density at radius 1 is 0.977 bits per heavy atom. The lowest BCUT2D eigenvalue weighted by molar-refractivity contribution is -0.274. The Morgan fingerprint density at radius 3 is 2.42 bits per heavy atom. The number of halogens is 3. The molecule has 0 unspecified atom stereocenters. The lowest BCUT2D eigenvalue weighted by Gasteiger charge is -2.35. The molecule has 7 rings (SSSR count). The van der Waals surface area contributed by atoms with E-state index >= 15 is 0 Å². The average molecular weight is 610 g/mol. The van der Waals surface area contributed by atoms with Gasteiger partial charge in [-0.3, -0.25) is 0 Å². The van der Waals surface area contributed by atoms with Gasteiger partial charge in [-0.1, -0.05) is 29.4 Å². The second-order valence-electron chi connectivity index (χ2n) is 11.8. The third kappa shape index (κ3) is 5.99. The standard InChI is InChI=1S/C33H30F3NO5S/c34-33(35,36)41-28-4-2-1-3-26(28)29-27(30(42-37-29)18-5-6-18)17-40-24-14-21-8-9-22(15-24)31(21)43-25-12-11-19-13-23(32(38)39)10-7-20(19)16-25/h1-4,7,10-13,16,18,21-22,24,31H,5-6,8-9,14-15,17H2,(H,38,39)/t21-,22+,24-,31+. The number of para-hydroxylation sites is 1.